The molecule has 0 aliphatic rings. The molecule has 0 aliphatic heterocycles. The van der Waals surface area contributed by atoms with Crippen LogP contribution in [0.15, 0.2) is 35.3 Å². The van der Waals surface area contributed by atoms with Crippen LogP contribution >= 0.6 is 11.3 Å². The average Bonchev–Trinajstić information content (AvgIpc) is 2.93. The van der Waals surface area contributed by atoms with E-state index in [1.54, 1.807) is 18.4 Å². The van der Waals surface area contributed by atoms with Crippen molar-refractivity contribution in [2.45, 2.75) is 52.7 Å². The first kappa shape index (κ1) is 20.4. The fourth-order valence-corrected chi connectivity index (χ4v) is 3.64. The maximum absolute atomic E-state index is 4.56. The summed E-state index contributed by atoms with van der Waals surface area (Å²) < 4.78 is 0. The van der Waals surface area contributed by atoms with Gasteiger partial charge in [-0.2, -0.15) is 0 Å². The highest BCUT2D eigenvalue weighted by Crippen LogP contribution is 2.17. The van der Waals surface area contributed by atoms with Crippen LogP contribution in [-0.2, 0) is 6.54 Å². The SMILES string of the molecule is CN=C(NCc1nc(C)c(C)s1)NCC(C)(C)NC(C)c1ccccc1. The lowest BCUT2D eigenvalue weighted by Gasteiger charge is -2.31. The third-order valence-electron chi connectivity index (χ3n) is 4.31. The molecule has 5 nitrogen and oxygen atoms in total. The van der Waals surface area contributed by atoms with Crippen molar-refractivity contribution >= 4 is 17.3 Å². The number of guanidine groups is 1. The first-order chi connectivity index (χ1) is 12.3. The van der Waals surface area contributed by atoms with Crippen LogP contribution in [-0.4, -0.2) is 30.1 Å². The summed E-state index contributed by atoms with van der Waals surface area (Å²) in [6.07, 6.45) is 0. The summed E-state index contributed by atoms with van der Waals surface area (Å²) in [6, 6.07) is 10.8. The van der Waals surface area contributed by atoms with Crippen LogP contribution < -0.4 is 16.0 Å². The van der Waals surface area contributed by atoms with Gasteiger partial charge in [-0.15, -0.1) is 11.3 Å². The number of thiazole rings is 1. The zero-order valence-corrected chi connectivity index (χ0v) is 17.5. The van der Waals surface area contributed by atoms with E-state index in [1.165, 1.54) is 10.4 Å². The molecule has 1 unspecified atom stereocenters. The van der Waals surface area contributed by atoms with E-state index in [4.69, 9.17) is 0 Å². The molecule has 0 saturated heterocycles. The summed E-state index contributed by atoms with van der Waals surface area (Å²) in [5.74, 6) is 0.790. The van der Waals surface area contributed by atoms with Crippen LogP contribution in [0.5, 0.6) is 0 Å². The van der Waals surface area contributed by atoms with Crippen molar-refractivity contribution in [2.75, 3.05) is 13.6 Å². The maximum Gasteiger partial charge on any atom is 0.191 e. The van der Waals surface area contributed by atoms with Gasteiger partial charge in [0.1, 0.15) is 5.01 Å². The molecule has 0 spiro atoms. The Morgan fingerprint density at radius 2 is 1.88 bits per heavy atom. The number of nitrogens with zero attached hydrogens (tertiary/aromatic N) is 2. The number of aromatic nitrogens is 1. The Balaban J connectivity index is 1.84. The quantitative estimate of drug-likeness (QED) is 0.513. The number of hydrogen-bond donors (Lipinski definition) is 3. The minimum Gasteiger partial charge on any atom is -0.355 e. The van der Waals surface area contributed by atoms with Crippen molar-refractivity contribution in [1.82, 2.24) is 20.9 Å². The van der Waals surface area contributed by atoms with Crippen molar-refractivity contribution in [3.05, 3.63) is 51.5 Å². The molecule has 0 aliphatic carbocycles. The second kappa shape index (κ2) is 9.14. The van der Waals surface area contributed by atoms with E-state index >= 15 is 0 Å². The Morgan fingerprint density at radius 1 is 1.19 bits per heavy atom. The number of aliphatic imine (C=N–C) groups is 1. The number of rotatable bonds is 7. The zero-order chi connectivity index (χ0) is 19.2. The van der Waals surface area contributed by atoms with Crippen molar-refractivity contribution in [3.8, 4) is 0 Å². The van der Waals surface area contributed by atoms with Gasteiger partial charge in [-0.05, 0) is 40.2 Å². The molecule has 6 heteroatoms. The first-order valence-electron chi connectivity index (χ1n) is 9.01. The molecule has 142 valence electrons. The molecule has 1 atom stereocenters. The minimum absolute atomic E-state index is 0.0821. The van der Waals surface area contributed by atoms with Crippen molar-refractivity contribution < 1.29 is 0 Å². The van der Waals surface area contributed by atoms with Crippen LogP contribution in [0.25, 0.3) is 0 Å². The van der Waals surface area contributed by atoms with Crippen LogP contribution in [0, 0.1) is 13.8 Å². The van der Waals surface area contributed by atoms with Gasteiger partial charge in [-0.25, -0.2) is 4.98 Å². The lowest BCUT2D eigenvalue weighted by atomic mass is 10.0. The second-order valence-corrected chi connectivity index (χ2v) is 8.48. The predicted octanol–water partition coefficient (Wildman–Crippen LogP) is 3.55. The molecule has 0 amide bonds. The predicted molar refractivity (Wildman–Crippen MR) is 112 cm³/mol. The summed E-state index contributed by atoms with van der Waals surface area (Å²) >= 11 is 1.73. The van der Waals surface area contributed by atoms with Crippen LogP contribution in [0.2, 0.25) is 0 Å². The highest BCUT2D eigenvalue weighted by atomic mass is 32.1. The van der Waals surface area contributed by atoms with E-state index in [9.17, 15) is 0 Å². The molecule has 1 heterocycles. The third kappa shape index (κ3) is 6.11. The number of hydrogen-bond acceptors (Lipinski definition) is 4. The summed E-state index contributed by atoms with van der Waals surface area (Å²) in [4.78, 5) is 10.1. The molecule has 1 aromatic heterocycles. The lowest BCUT2D eigenvalue weighted by molar-refractivity contribution is 0.345. The summed E-state index contributed by atoms with van der Waals surface area (Å²) in [6.45, 7) is 12.2. The lowest BCUT2D eigenvalue weighted by Crippen LogP contribution is -2.52. The molecule has 2 aromatic rings. The minimum atomic E-state index is -0.0821. The molecule has 2 rings (SSSR count). The van der Waals surface area contributed by atoms with E-state index in [0.29, 0.717) is 6.54 Å². The zero-order valence-electron chi connectivity index (χ0n) is 16.7. The molecule has 3 N–H and O–H groups in total. The van der Waals surface area contributed by atoms with Crippen LogP contribution in [0.3, 0.4) is 0 Å². The molecule has 26 heavy (non-hydrogen) atoms. The van der Waals surface area contributed by atoms with E-state index in [-0.39, 0.29) is 11.6 Å². The molecule has 0 fully saturated rings. The van der Waals surface area contributed by atoms with Crippen molar-refractivity contribution in [1.29, 1.82) is 0 Å². The second-order valence-electron chi connectivity index (χ2n) is 7.19. The fourth-order valence-electron chi connectivity index (χ4n) is 2.76. The summed E-state index contributed by atoms with van der Waals surface area (Å²) in [5.41, 5.74) is 2.31. The van der Waals surface area contributed by atoms with Gasteiger partial charge < -0.3 is 16.0 Å². The van der Waals surface area contributed by atoms with E-state index < -0.39 is 0 Å². The molecule has 0 saturated carbocycles. The summed E-state index contributed by atoms with van der Waals surface area (Å²) in [7, 11) is 1.79. The Morgan fingerprint density at radius 3 is 2.46 bits per heavy atom. The average molecular weight is 374 g/mol. The van der Waals surface area contributed by atoms with Gasteiger partial charge in [-0.1, -0.05) is 30.3 Å². The highest BCUT2D eigenvalue weighted by Gasteiger charge is 2.21. The monoisotopic (exact) mass is 373 g/mol. The molecule has 0 radical (unpaired) electrons. The first-order valence-corrected chi connectivity index (χ1v) is 9.82. The smallest absolute Gasteiger partial charge is 0.191 e. The van der Waals surface area contributed by atoms with Gasteiger partial charge >= 0.3 is 0 Å². The Kier molecular flexibility index (Phi) is 7.17. The Labute approximate surface area is 161 Å². The topological polar surface area (TPSA) is 61.3 Å². The molecular formula is C20H31N5S. The van der Waals surface area contributed by atoms with Crippen molar-refractivity contribution in [3.63, 3.8) is 0 Å². The van der Waals surface area contributed by atoms with Gasteiger partial charge in [-0.3, -0.25) is 4.99 Å². The van der Waals surface area contributed by atoms with Crippen LogP contribution in [0.4, 0.5) is 0 Å². The van der Waals surface area contributed by atoms with E-state index in [0.717, 1.165) is 23.2 Å². The maximum atomic E-state index is 4.56. The number of benzene rings is 1. The van der Waals surface area contributed by atoms with Crippen LogP contribution in [0.1, 0.15) is 48.0 Å². The van der Waals surface area contributed by atoms with E-state index in [2.05, 4.69) is 77.9 Å². The van der Waals surface area contributed by atoms with Gasteiger partial charge in [0, 0.05) is 30.1 Å². The molecular weight excluding hydrogens is 342 g/mol. The van der Waals surface area contributed by atoms with Gasteiger partial charge in [0.05, 0.1) is 12.2 Å². The van der Waals surface area contributed by atoms with Gasteiger partial charge in [0.15, 0.2) is 5.96 Å². The van der Waals surface area contributed by atoms with Gasteiger partial charge in [0.25, 0.3) is 0 Å². The Bertz CT molecular complexity index is 702. The number of aryl methyl sites for hydroxylation is 2. The number of nitrogens with one attached hydrogen (secondary N) is 3. The molecule has 1 aromatic carbocycles. The Hall–Kier alpha value is -1.92. The highest BCUT2D eigenvalue weighted by molar-refractivity contribution is 7.11. The van der Waals surface area contributed by atoms with Crippen molar-refractivity contribution in [2.24, 2.45) is 4.99 Å². The van der Waals surface area contributed by atoms with E-state index in [1.807, 2.05) is 13.0 Å². The van der Waals surface area contributed by atoms with Gasteiger partial charge in [0.2, 0.25) is 0 Å². The summed E-state index contributed by atoms with van der Waals surface area (Å²) in [5, 5.41) is 11.5. The normalized spacial score (nSPS) is 13.5. The largest absolute Gasteiger partial charge is 0.355 e. The standard InChI is InChI=1S/C20H31N5S/c1-14-16(3)26-18(24-14)12-22-19(21-6)23-13-20(4,5)25-15(2)17-10-8-7-9-11-17/h7-11,15,25H,12-13H2,1-6H3,(H2,21,22,23). The molecule has 0 bridgehead atoms. The third-order valence-corrected chi connectivity index (χ3v) is 5.38. The fraction of sp³-hybridized carbons (Fsp3) is 0.500.